The standard InChI is InChI=1S/C13H27NO/c1-11-6-5-7-12(9-8-11)14-10-13(2,3)15-4/h11-12,14H,5-10H2,1-4H3. The first-order chi connectivity index (χ1) is 7.03. The summed E-state index contributed by atoms with van der Waals surface area (Å²) in [5, 5.41) is 3.65. The van der Waals surface area contributed by atoms with Gasteiger partial charge in [-0.05, 0) is 39.0 Å². The summed E-state index contributed by atoms with van der Waals surface area (Å²) in [5.74, 6) is 0.923. The molecule has 2 atom stereocenters. The average molecular weight is 213 g/mol. The molecule has 1 aliphatic carbocycles. The molecule has 0 aromatic rings. The lowest BCUT2D eigenvalue weighted by Gasteiger charge is -2.26. The number of hydrogen-bond donors (Lipinski definition) is 1. The van der Waals surface area contributed by atoms with Crippen LogP contribution in [0.15, 0.2) is 0 Å². The fourth-order valence-electron chi connectivity index (χ4n) is 2.15. The predicted molar refractivity (Wildman–Crippen MR) is 65.1 cm³/mol. The van der Waals surface area contributed by atoms with E-state index >= 15 is 0 Å². The van der Waals surface area contributed by atoms with Crippen LogP contribution in [0.1, 0.15) is 52.9 Å². The van der Waals surface area contributed by atoms with Crippen molar-refractivity contribution in [3.05, 3.63) is 0 Å². The van der Waals surface area contributed by atoms with Gasteiger partial charge in [0, 0.05) is 19.7 Å². The molecule has 2 heteroatoms. The molecule has 0 saturated heterocycles. The SMILES string of the molecule is COC(C)(C)CNC1CCCC(C)CC1. The van der Waals surface area contributed by atoms with Crippen LogP contribution in [-0.2, 0) is 4.74 Å². The second kappa shape index (κ2) is 5.86. The van der Waals surface area contributed by atoms with Crippen molar-refractivity contribution < 1.29 is 4.74 Å². The summed E-state index contributed by atoms with van der Waals surface area (Å²) in [4.78, 5) is 0. The van der Waals surface area contributed by atoms with E-state index in [0.717, 1.165) is 12.5 Å². The van der Waals surface area contributed by atoms with Gasteiger partial charge in [0.05, 0.1) is 5.60 Å². The van der Waals surface area contributed by atoms with E-state index in [1.54, 1.807) is 7.11 Å². The average Bonchev–Trinajstić information content (AvgIpc) is 2.40. The van der Waals surface area contributed by atoms with Crippen molar-refractivity contribution in [1.82, 2.24) is 5.32 Å². The maximum atomic E-state index is 5.42. The Morgan fingerprint density at radius 3 is 2.60 bits per heavy atom. The number of methoxy groups -OCH3 is 1. The maximum Gasteiger partial charge on any atom is 0.0746 e. The summed E-state index contributed by atoms with van der Waals surface area (Å²) < 4.78 is 5.42. The van der Waals surface area contributed by atoms with Crippen LogP contribution in [0.3, 0.4) is 0 Å². The second-order valence-electron chi connectivity index (χ2n) is 5.66. The Hall–Kier alpha value is -0.0800. The Morgan fingerprint density at radius 1 is 1.20 bits per heavy atom. The highest BCUT2D eigenvalue weighted by Gasteiger charge is 2.20. The Balaban J connectivity index is 2.26. The first-order valence-corrected chi connectivity index (χ1v) is 6.32. The summed E-state index contributed by atoms with van der Waals surface area (Å²) in [6, 6.07) is 0.712. The third-order valence-corrected chi connectivity index (χ3v) is 3.63. The van der Waals surface area contributed by atoms with Crippen molar-refractivity contribution >= 4 is 0 Å². The lowest BCUT2D eigenvalue weighted by molar-refractivity contribution is 0.0206. The van der Waals surface area contributed by atoms with Crippen molar-refractivity contribution in [3.8, 4) is 0 Å². The first-order valence-electron chi connectivity index (χ1n) is 6.32. The van der Waals surface area contributed by atoms with Crippen LogP contribution in [0, 0.1) is 5.92 Å². The monoisotopic (exact) mass is 213 g/mol. The molecule has 0 aliphatic heterocycles. The topological polar surface area (TPSA) is 21.3 Å². The van der Waals surface area contributed by atoms with E-state index in [2.05, 4.69) is 26.1 Å². The van der Waals surface area contributed by atoms with E-state index in [-0.39, 0.29) is 5.60 Å². The molecule has 15 heavy (non-hydrogen) atoms. The van der Waals surface area contributed by atoms with Crippen LogP contribution in [0.2, 0.25) is 0 Å². The van der Waals surface area contributed by atoms with Gasteiger partial charge in [0.15, 0.2) is 0 Å². The van der Waals surface area contributed by atoms with Gasteiger partial charge in [0.2, 0.25) is 0 Å². The Bertz CT molecular complexity index is 179. The zero-order chi connectivity index (χ0) is 11.3. The Kier molecular flexibility index (Phi) is 5.07. The molecule has 0 radical (unpaired) electrons. The van der Waals surface area contributed by atoms with Crippen LogP contribution in [-0.4, -0.2) is 25.3 Å². The van der Waals surface area contributed by atoms with Crippen molar-refractivity contribution in [1.29, 1.82) is 0 Å². The zero-order valence-corrected chi connectivity index (χ0v) is 10.8. The highest BCUT2D eigenvalue weighted by molar-refractivity contribution is 4.78. The molecule has 0 aromatic heterocycles. The first kappa shape index (κ1) is 13.0. The third kappa shape index (κ3) is 4.98. The molecule has 2 unspecified atom stereocenters. The smallest absolute Gasteiger partial charge is 0.0746 e. The minimum absolute atomic E-state index is 0.0298. The summed E-state index contributed by atoms with van der Waals surface area (Å²) in [5.41, 5.74) is -0.0298. The fraction of sp³-hybridized carbons (Fsp3) is 1.00. The van der Waals surface area contributed by atoms with Crippen LogP contribution in [0.25, 0.3) is 0 Å². The molecule has 0 amide bonds. The van der Waals surface area contributed by atoms with E-state index in [4.69, 9.17) is 4.74 Å². The molecule has 1 saturated carbocycles. The van der Waals surface area contributed by atoms with E-state index in [1.807, 2.05) is 0 Å². The van der Waals surface area contributed by atoms with Crippen LogP contribution < -0.4 is 5.32 Å². The normalized spacial score (nSPS) is 28.8. The highest BCUT2D eigenvalue weighted by atomic mass is 16.5. The molecule has 1 aliphatic rings. The van der Waals surface area contributed by atoms with Crippen molar-refractivity contribution in [2.75, 3.05) is 13.7 Å². The van der Waals surface area contributed by atoms with Gasteiger partial charge in [-0.3, -0.25) is 0 Å². The third-order valence-electron chi connectivity index (χ3n) is 3.63. The Labute approximate surface area is 94.8 Å². The van der Waals surface area contributed by atoms with Gasteiger partial charge in [0.25, 0.3) is 0 Å². The van der Waals surface area contributed by atoms with Gasteiger partial charge in [-0.25, -0.2) is 0 Å². The quantitative estimate of drug-likeness (QED) is 0.725. The van der Waals surface area contributed by atoms with Crippen LogP contribution in [0.5, 0.6) is 0 Å². The second-order valence-corrected chi connectivity index (χ2v) is 5.66. The van der Waals surface area contributed by atoms with E-state index in [0.29, 0.717) is 6.04 Å². The largest absolute Gasteiger partial charge is 0.377 e. The molecule has 0 heterocycles. The van der Waals surface area contributed by atoms with Gasteiger partial charge in [0.1, 0.15) is 0 Å². The summed E-state index contributed by atoms with van der Waals surface area (Å²) in [7, 11) is 1.79. The number of nitrogens with one attached hydrogen (secondary N) is 1. The molecule has 2 nitrogen and oxygen atoms in total. The van der Waals surface area contributed by atoms with Gasteiger partial charge in [-0.1, -0.05) is 19.8 Å². The molecule has 1 N–H and O–H groups in total. The number of ether oxygens (including phenoxy) is 1. The van der Waals surface area contributed by atoms with Gasteiger partial charge in [-0.15, -0.1) is 0 Å². The predicted octanol–water partition coefficient (Wildman–Crippen LogP) is 2.97. The lowest BCUT2D eigenvalue weighted by atomic mass is 10.0. The molecule has 0 bridgehead atoms. The number of rotatable bonds is 4. The molecule has 0 aromatic carbocycles. The fourth-order valence-corrected chi connectivity index (χ4v) is 2.15. The van der Waals surface area contributed by atoms with Crippen LogP contribution in [0.4, 0.5) is 0 Å². The van der Waals surface area contributed by atoms with Crippen molar-refractivity contribution in [2.45, 2.75) is 64.5 Å². The minimum atomic E-state index is -0.0298. The molecule has 0 spiro atoms. The molecule has 1 rings (SSSR count). The summed E-state index contributed by atoms with van der Waals surface area (Å²) in [6.07, 6.45) is 6.84. The molecule has 90 valence electrons. The summed E-state index contributed by atoms with van der Waals surface area (Å²) in [6.45, 7) is 7.61. The maximum absolute atomic E-state index is 5.42. The molecular formula is C13H27NO. The lowest BCUT2D eigenvalue weighted by Crippen LogP contribution is -2.41. The van der Waals surface area contributed by atoms with E-state index in [1.165, 1.54) is 32.1 Å². The van der Waals surface area contributed by atoms with Crippen molar-refractivity contribution in [2.24, 2.45) is 5.92 Å². The van der Waals surface area contributed by atoms with Gasteiger partial charge in [-0.2, -0.15) is 0 Å². The summed E-state index contributed by atoms with van der Waals surface area (Å²) >= 11 is 0. The number of hydrogen-bond acceptors (Lipinski definition) is 2. The van der Waals surface area contributed by atoms with Crippen LogP contribution >= 0.6 is 0 Å². The Morgan fingerprint density at radius 2 is 1.93 bits per heavy atom. The minimum Gasteiger partial charge on any atom is -0.377 e. The van der Waals surface area contributed by atoms with Gasteiger partial charge >= 0.3 is 0 Å². The van der Waals surface area contributed by atoms with E-state index in [9.17, 15) is 0 Å². The highest BCUT2D eigenvalue weighted by Crippen LogP contribution is 2.22. The van der Waals surface area contributed by atoms with Gasteiger partial charge < -0.3 is 10.1 Å². The molecular weight excluding hydrogens is 186 g/mol. The zero-order valence-electron chi connectivity index (χ0n) is 10.8. The van der Waals surface area contributed by atoms with Crippen molar-refractivity contribution in [3.63, 3.8) is 0 Å². The molecule has 1 fully saturated rings. The van der Waals surface area contributed by atoms with E-state index < -0.39 is 0 Å².